The predicted octanol–water partition coefficient (Wildman–Crippen LogP) is 2.07. The summed E-state index contributed by atoms with van der Waals surface area (Å²) in [6.07, 6.45) is 8.29. The first-order valence-corrected chi connectivity index (χ1v) is 11.4. The van der Waals surface area contributed by atoms with Crippen LogP contribution in [0.2, 0.25) is 0 Å². The summed E-state index contributed by atoms with van der Waals surface area (Å²) in [5.41, 5.74) is 0. The van der Waals surface area contributed by atoms with Crippen molar-refractivity contribution >= 4 is 21.9 Å². The van der Waals surface area contributed by atoms with E-state index in [2.05, 4.69) is 0 Å². The van der Waals surface area contributed by atoms with Gasteiger partial charge in [-0.2, -0.15) is 0 Å². The smallest absolute Gasteiger partial charge is 0.323 e. The van der Waals surface area contributed by atoms with E-state index >= 15 is 0 Å². The van der Waals surface area contributed by atoms with Crippen molar-refractivity contribution in [3.05, 3.63) is 0 Å². The highest BCUT2D eigenvalue weighted by molar-refractivity contribution is 7.89. The summed E-state index contributed by atoms with van der Waals surface area (Å²) in [6.45, 7) is 2.03. The van der Waals surface area contributed by atoms with Gasteiger partial charge in [-0.05, 0) is 38.5 Å². The summed E-state index contributed by atoms with van der Waals surface area (Å²) in [5, 5.41) is 9.18. The van der Waals surface area contributed by atoms with Gasteiger partial charge in [0, 0.05) is 25.6 Å². The van der Waals surface area contributed by atoms with E-state index in [0.29, 0.717) is 32.4 Å². The lowest BCUT2D eigenvalue weighted by atomic mass is 9.99. The maximum atomic E-state index is 12.6. The van der Waals surface area contributed by atoms with Gasteiger partial charge in [0.2, 0.25) is 15.9 Å². The van der Waals surface area contributed by atoms with Crippen LogP contribution in [0.3, 0.4) is 0 Å². The number of piperidine rings is 1. The molecule has 0 bridgehead atoms. The number of nitrogens with zero attached hydrogens (tertiary/aromatic N) is 2. The highest BCUT2D eigenvalue weighted by Gasteiger charge is 2.32. The van der Waals surface area contributed by atoms with Gasteiger partial charge in [-0.3, -0.25) is 9.59 Å². The average Bonchev–Trinajstić information content (AvgIpc) is 3.13. The molecule has 1 aliphatic carbocycles. The van der Waals surface area contributed by atoms with Crippen LogP contribution in [-0.4, -0.2) is 66.0 Å². The molecule has 26 heavy (non-hydrogen) atoms. The van der Waals surface area contributed by atoms with Gasteiger partial charge in [-0.1, -0.05) is 25.7 Å². The number of carbonyl (C=O) groups excluding carboxylic acids is 1. The molecule has 0 aromatic carbocycles. The van der Waals surface area contributed by atoms with Crippen molar-refractivity contribution in [1.82, 2.24) is 9.21 Å². The summed E-state index contributed by atoms with van der Waals surface area (Å²) in [4.78, 5) is 25.3. The second-order valence-corrected chi connectivity index (χ2v) is 9.75. The topological polar surface area (TPSA) is 95.0 Å². The molecule has 0 aromatic rings. The summed E-state index contributed by atoms with van der Waals surface area (Å²) < 4.78 is 25.4. The summed E-state index contributed by atoms with van der Waals surface area (Å²) >= 11 is 0. The zero-order valence-corrected chi connectivity index (χ0v) is 16.5. The first-order chi connectivity index (χ1) is 12.3. The average molecular weight is 389 g/mol. The minimum absolute atomic E-state index is 0.0661. The Morgan fingerprint density at radius 3 is 2.27 bits per heavy atom. The summed E-state index contributed by atoms with van der Waals surface area (Å²) in [7, 11) is -3.22. The Balaban J connectivity index is 1.87. The number of sulfonamides is 1. The van der Waals surface area contributed by atoms with E-state index in [9.17, 15) is 23.1 Å². The third-order valence-electron chi connectivity index (χ3n) is 5.73. The second kappa shape index (κ2) is 9.69. The van der Waals surface area contributed by atoms with E-state index < -0.39 is 16.0 Å². The Morgan fingerprint density at radius 1 is 1.12 bits per heavy atom. The van der Waals surface area contributed by atoms with E-state index in [1.165, 1.54) is 34.9 Å². The van der Waals surface area contributed by atoms with E-state index in [-0.39, 0.29) is 24.2 Å². The zero-order valence-electron chi connectivity index (χ0n) is 15.7. The molecule has 2 aliphatic rings. The van der Waals surface area contributed by atoms with Crippen LogP contribution < -0.4 is 0 Å². The molecular formula is C18H32N2O5S. The van der Waals surface area contributed by atoms with Crippen LogP contribution in [0.25, 0.3) is 0 Å². The van der Waals surface area contributed by atoms with Gasteiger partial charge in [-0.25, -0.2) is 12.7 Å². The fraction of sp³-hybridized carbons (Fsp3) is 0.889. The monoisotopic (exact) mass is 388 g/mol. The van der Waals surface area contributed by atoms with Crippen molar-refractivity contribution in [1.29, 1.82) is 0 Å². The molecule has 1 saturated carbocycles. The molecule has 2 rings (SSSR count). The maximum Gasteiger partial charge on any atom is 0.323 e. The maximum absolute atomic E-state index is 12.6. The van der Waals surface area contributed by atoms with Crippen LogP contribution in [0, 0.1) is 5.92 Å². The standard InChI is InChI=1S/C18H32N2O5S/c1-2-26(24,25)19-12-10-16(11-13-19)20(14-18(22)23)17(21)9-5-8-15-6-3-4-7-15/h15-16H,2-14H2,1H3,(H,22,23). The molecule has 150 valence electrons. The first kappa shape index (κ1) is 21.2. The van der Waals surface area contributed by atoms with Crippen LogP contribution in [0.4, 0.5) is 0 Å². The van der Waals surface area contributed by atoms with Gasteiger partial charge in [0.25, 0.3) is 0 Å². The molecule has 0 spiro atoms. The number of carboxylic acids is 1. The highest BCUT2D eigenvalue weighted by Crippen LogP contribution is 2.29. The van der Waals surface area contributed by atoms with Crippen molar-refractivity contribution in [3.63, 3.8) is 0 Å². The van der Waals surface area contributed by atoms with Crippen molar-refractivity contribution in [2.75, 3.05) is 25.4 Å². The Kier molecular flexibility index (Phi) is 7.88. The van der Waals surface area contributed by atoms with Crippen molar-refractivity contribution < 1.29 is 23.1 Å². The molecule has 1 aliphatic heterocycles. The molecule has 0 radical (unpaired) electrons. The third-order valence-corrected chi connectivity index (χ3v) is 7.61. The number of rotatable bonds is 9. The largest absolute Gasteiger partial charge is 0.480 e. The summed E-state index contributed by atoms with van der Waals surface area (Å²) in [5.74, 6) is -0.338. The lowest BCUT2D eigenvalue weighted by Gasteiger charge is -2.37. The van der Waals surface area contributed by atoms with Gasteiger partial charge in [0.05, 0.1) is 5.75 Å². The van der Waals surface area contributed by atoms with Gasteiger partial charge < -0.3 is 10.0 Å². The zero-order chi connectivity index (χ0) is 19.2. The Labute approximate surface area is 156 Å². The minimum Gasteiger partial charge on any atom is -0.480 e. The third kappa shape index (κ3) is 5.94. The summed E-state index contributed by atoms with van der Waals surface area (Å²) in [6, 6.07) is -0.187. The normalized spacial score (nSPS) is 20.3. The predicted molar refractivity (Wildman–Crippen MR) is 99.2 cm³/mol. The van der Waals surface area contributed by atoms with Gasteiger partial charge in [-0.15, -0.1) is 0 Å². The lowest BCUT2D eigenvalue weighted by Crippen LogP contribution is -2.50. The molecular weight excluding hydrogens is 356 g/mol. The molecule has 8 heteroatoms. The highest BCUT2D eigenvalue weighted by atomic mass is 32.2. The molecule has 1 amide bonds. The minimum atomic E-state index is -3.22. The molecule has 7 nitrogen and oxygen atoms in total. The number of aliphatic carboxylic acids is 1. The molecule has 0 unspecified atom stereocenters. The van der Waals surface area contributed by atoms with Crippen LogP contribution in [-0.2, 0) is 19.6 Å². The Bertz CT molecular complexity index is 578. The van der Waals surface area contributed by atoms with E-state index in [0.717, 1.165) is 18.8 Å². The Morgan fingerprint density at radius 2 is 1.73 bits per heavy atom. The molecule has 1 saturated heterocycles. The van der Waals surface area contributed by atoms with Gasteiger partial charge >= 0.3 is 5.97 Å². The second-order valence-electron chi connectivity index (χ2n) is 7.49. The van der Waals surface area contributed by atoms with Crippen molar-refractivity contribution in [2.24, 2.45) is 5.92 Å². The molecule has 2 fully saturated rings. The quantitative estimate of drug-likeness (QED) is 0.652. The molecule has 1 N–H and O–H groups in total. The number of hydrogen-bond donors (Lipinski definition) is 1. The Hall–Kier alpha value is -1.15. The molecule has 1 heterocycles. The molecule has 0 aromatic heterocycles. The number of carboxylic acid groups (broad SMARTS) is 1. The van der Waals surface area contributed by atoms with E-state index in [1.54, 1.807) is 6.92 Å². The number of hydrogen-bond acceptors (Lipinski definition) is 4. The molecule has 0 atom stereocenters. The number of amides is 1. The van der Waals surface area contributed by atoms with Crippen LogP contribution in [0.1, 0.15) is 64.7 Å². The fourth-order valence-corrected chi connectivity index (χ4v) is 5.30. The van der Waals surface area contributed by atoms with Crippen LogP contribution in [0.5, 0.6) is 0 Å². The van der Waals surface area contributed by atoms with E-state index in [4.69, 9.17) is 0 Å². The number of carbonyl (C=O) groups is 2. The van der Waals surface area contributed by atoms with Crippen molar-refractivity contribution in [2.45, 2.75) is 70.8 Å². The van der Waals surface area contributed by atoms with E-state index in [1.807, 2.05) is 0 Å². The van der Waals surface area contributed by atoms with Crippen LogP contribution in [0.15, 0.2) is 0 Å². The van der Waals surface area contributed by atoms with Gasteiger partial charge in [0.15, 0.2) is 0 Å². The van der Waals surface area contributed by atoms with Crippen LogP contribution >= 0.6 is 0 Å². The SMILES string of the molecule is CCS(=O)(=O)N1CCC(N(CC(=O)O)C(=O)CCCC2CCCC2)CC1. The first-order valence-electron chi connectivity index (χ1n) is 9.82. The lowest BCUT2D eigenvalue weighted by molar-refractivity contribution is -0.147. The van der Waals surface area contributed by atoms with Gasteiger partial charge in [0.1, 0.15) is 6.54 Å². The van der Waals surface area contributed by atoms with Crippen molar-refractivity contribution in [3.8, 4) is 0 Å². The fourth-order valence-electron chi connectivity index (χ4n) is 4.17.